The van der Waals surface area contributed by atoms with Gasteiger partial charge in [0.15, 0.2) is 0 Å². The average Bonchev–Trinajstić information content (AvgIpc) is 2.88. The fraction of sp³-hybridized carbons (Fsp3) is 0.308. The first-order valence-corrected chi connectivity index (χ1v) is 8.07. The van der Waals surface area contributed by atoms with Gasteiger partial charge in [0.1, 0.15) is 11.4 Å². The molecule has 0 radical (unpaired) electrons. The number of nitrogen functional groups attached to an aromatic ring is 1. The van der Waals surface area contributed by atoms with E-state index in [4.69, 9.17) is 5.73 Å². The van der Waals surface area contributed by atoms with Crippen LogP contribution >= 0.6 is 12.4 Å². The van der Waals surface area contributed by atoms with E-state index in [0.29, 0.717) is 16.8 Å². The summed E-state index contributed by atoms with van der Waals surface area (Å²) in [5.41, 5.74) is 7.03. The molecule has 2 aromatic rings. The zero-order chi connectivity index (χ0) is 17.1. The van der Waals surface area contributed by atoms with Crippen LogP contribution in [0.2, 0.25) is 0 Å². The van der Waals surface area contributed by atoms with E-state index in [-0.39, 0.29) is 23.8 Å². The molecule has 0 amide bonds. The Balaban J connectivity index is 0.00000288. The molecule has 0 fully saturated rings. The number of nitrogens with two attached hydrogens (primary N) is 1. The van der Waals surface area contributed by atoms with Crippen molar-refractivity contribution in [1.82, 2.24) is 14.5 Å². The van der Waals surface area contributed by atoms with E-state index in [0.717, 1.165) is 18.0 Å². The maximum absolute atomic E-state index is 12.2. The SMILES string of the molecule is Cl.Nc1ccc(CCNS(=O)(=O)c2cnn(CC(F)(F)F)c2)cc1. The fourth-order valence-electron chi connectivity index (χ4n) is 1.85. The first-order valence-electron chi connectivity index (χ1n) is 6.59. The Kier molecular flexibility index (Phi) is 6.64. The number of sulfonamides is 1. The molecule has 0 unspecified atom stereocenters. The van der Waals surface area contributed by atoms with Crippen LogP contribution in [0.4, 0.5) is 18.9 Å². The summed E-state index contributed by atoms with van der Waals surface area (Å²) in [7, 11) is -3.90. The van der Waals surface area contributed by atoms with Gasteiger partial charge in [-0.15, -0.1) is 12.4 Å². The summed E-state index contributed by atoms with van der Waals surface area (Å²) < 4.78 is 63.5. The molecule has 0 spiro atoms. The maximum atomic E-state index is 12.2. The smallest absolute Gasteiger partial charge is 0.399 e. The molecule has 134 valence electrons. The van der Waals surface area contributed by atoms with Crippen molar-refractivity contribution in [3.63, 3.8) is 0 Å². The summed E-state index contributed by atoms with van der Waals surface area (Å²) in [5, 5.41) is 3.41. The molecule has 24 heavy (non-hydrogen) atoms. The topological polar surface area (TPSA) is 90.0 Å². The molecule has 0 saturated heterocycles. The predicted molar refractivity (Wildman–Crippen MR) is 85.3 cm³/mol. The summed E-state index contributed by atoms with van der Waals surface area (Å²) in [5.74, 6) is 0. The minimum atomic E-state index is -4.46. The van der Waals surface area contributed by atoms with Crippen molar-refractivity contribution in [2.45, 2.75) is 24.0 Å². The van der Waals surface area contributed by atoms with E-state index in [1.165, 1.54) is 0 Å². The molecule has 0 aliphatic carbocycles. The number of benzene rings is 1. The zero-order valence-corrected chi connectivity index (χ0v) is 14.0. The van der Waals surface area contributed by atoms with Gasteiger partial charge in [0, 0.05) is 18.4 Å². The second-order valence-corrected chi connectivity index (χ2v) is 6.65. The Morgan fingerprint density at radius 1 is 1.21 bits per heavy atom. The Hall–Kier alpha value is -1.78. The summed E-state index contributed by atoms with van der Waals surface area (Å²) in [6, 6.07) is 6.94. The van der Waals surface area contributed by atoms with Gasteiger partial charge in [0.05, 0.1) is 6.20 Å². The van der Waals surface area contributed by atoms with Crippen LogP contribution in [0.3, 0.4) is 0 Å². The van der Waals surface area contributed by atoms with Gasteiger partial charge in [-0.1, -0.05) is 12.1 Å². The van der Waals surface area contributed by atoms with Gasteiger partial charge in [-0.05, 0) is 24.1 Å². The average molecular weight is 385 g/mol. The molecule has 3 N–H and O–H groups in total. The second-order valence-electron chi connectivity index (χ2n) is 4.88. The van der Waals surface area contributed by atoms with Gasteiger partial charge in [-0.25, -0.2) is 13.1 Å². The van der Waals surface area contributed by atoms with E-state index < -0.39 is 22.7 Å². The molecule has 2 rings (SSSR count). The normalized spacial score (nSPS) is 12.0. The Morgan fingerprint density at radius 3 is 2.42 bits per heavy atom. The lowest BCUT2D eigenvalue weighted by Gasteiger charge is -2.06. The van der Waals surface area contributed by atoms with Crippen LogP contribution in [0.1, 0.15) is 5.56 Å². The molecule has 1 aromatic heterocycles. The van der Waals surface area contributed by atoms with Gasteiger partial charge in [0.25, 0.3) is 0 Å². The number of hydrogen-bond acceptors (Lipinski definition) is 4. The Morgan fingerprint density at radius 2 is 1.83 bits per heavy atom. The number of halogens is 4. The third-order valence-electron chi connectivity index (χ3n) is 2.95. The molecule has 0 atom stereocenters. The largest absolute Gasteiger partial charge is 0.408 e. The number of nitrogens with zero attached hydrogens (tertiary/aromatic N) is 2. The number of anilines is 1. The third kappa shape index (κ3) is 6.02. The lowest BCUT2D eigenvalue weighted by molar-refractivity contribution is -0.142. The number of alkyl halides is 3. The van der Waals surface area contributed by atoms with E-state index in [2.05, 4.69) is 9.82 Å². The van der Waals surface area contributed by atoms with E-state index >= 15 is 0 Å². The first kappa shape index (κ1) is 20.3. The second kappa shape index (κ2) is 7.86. The van der Waals surface area contributed by atoms with E-state index in [9.17, 15) is 21.6 Å². The third-order valence-corrected chi connectivity index (χ3v) is 4.36. The number of aromatic nitrogens is 2. The molecule has 1 heterocycles. The molecule has 0 saturated carbocycles. The van der Waals surface area contributed by atoms with Gasteiger partial charge in [-0.2, -0.15) is 18.3 Å². The van der Waals surface area contributed by atoms with Crippen LogP contribution in [-0.2, 0) is 23.0 Å². The van der Waals surface area contributed by atoms with Crippen molar-refractivity contribution in [1.29, 1.82) is 0 Å². The number of nitrogens with one attached hydrogen (secondary N) is 1. The van der Waals surface area contributed by atoms with Crippen LogP contribution in [0, 0.1) is 0 Å². The molecule has 11 heteroatoms. The predicted octanol–water partition coefficient (Wildman–Crippen LogP) is 1.97. The summed E-state index contributed by atoms with van der Waals surface area (Å²) in [6.45, 7) is -1.23. The molecule has 1 aromatic carbocycles. The van der Waals surface area contributed by atoms with Gasteiger partial charge in [-0.3, -0.25) is 4.68 Å². The highest BCUT2D eigenvalue weighted by atomic mass is 35.5. The van der Waals surface area contributed by atoms with E-state index in [1.54, 1.807) is 24.3 Å². The summed E-state index contributed by atoms with van der Waals surface area (Å²) >= 11 is 0. The van der Waals surface area contributed by atoms with Gasteiger partial charge < -0.3 is 5.73 Å². The highest BCUT2D eigenvalue weighted by Gasteiger charge is 2.29. The molecule has 0 bridgehead atoms. The first-order chi connectivity index (χ1) is 10.7. The van der Waals surface area contributed by atoms with Crippen LogP contribution in [0.5, 0.6) is 0 Å². The minimum absolute atomic E-state index is 0. The highest BCUT2D eigenvalue weighted by Crippen LogP contribution is 2.18. The fourth-order valence-corrected chi connectivity index (χ4v) is 2.83. The summed E-state index contributed by atoms with van der Waals surface area (Å²) in [4.78, 5) is -0.306. The van der Waals surface area contributed by atoms with Gasteiger partial charge >= 0.3 is 6.18 Å². The quantitative estimate of drug-likeness (QED) is 0.745. The number of rotatable bonds is 6. The minimum Gasteiger partial charge on any atom is -0.399 e. The lowest BCUT2D eigenvalue weighted by Crippen LogP contribution is -2.25. The molecule has 6 nitrogen and oxygen atoms in total. The Labute approximate surface area is 143 Å². The van der Waals surface area contributed by atoms with Crippen molar-refractivity contribution < 1.29 is 21.6 Å². The van der Waals surface area contributed by atoms with Crippen LogP contribution in [0.25, 0.3) is 0 Å². The van der Waals surface area contributed by atoms with Crippen molar-refractivity contribution in [2.75, 3.05) is 12.3 Å². The molecule has 0 aliphatic rings. The maximum Gasteiger partial charge on any atom is 0.408 e. The van der Waals surface area contributed by atoms with Crippen molar-refractivity contribution in [2.24, 2.45) is 0 Å². The van der Waals surface area contributed by atoms with Crippen molar-refractivity contribution >= 4 is 28.1 Å². The number of hydrogen-bond donors (Lipinski definition) is 2. The molecule has 0 aliphatic heterocycles. The lowest BCUT2D eigenvalue weighted by atomic mass is 10.1. The highest BCUT2D eigenvalue weighted by molar-refractivity contribution is 7.89. The standard InChI is InChI=1S/C13H15F3N4O2S.ClH/c14-13(15,16)9-20-8-12(7-18-20)23(21,22)19-6-5-10-1-3-11(17)4-2-10;/h1-4,7-8,19H,5-6,9,17H2;1H. The summed E-state index contributed by atoms with van der Waals surface area (Å²) in [6.07, 6.45) is -2.30. The Bertz CT molecular complexity index is 760. The monoisotopic (exact) mass is 384 g/mol. The van der Waals surface area contributed by atoms with E-state index in [1.807, 2.05) is 0 Å². The van der Waals surface area contributed by atoms with Crippen molar-refractivity contribution in [3.05, 3.63) is 42.2 Å². The zero-order valence-electron chi connectivity index (χ0n) is 12.3. The van der Waals surface area contributed by atoms with Crippen LogP contribution in [0.15, 0.2) is 41.6 Å². The van der Waals surface area contributed by atoms with Gasteiger partial charge in [0.2, 0.25) is 10.0 Å². The van der Waals surface area contributed by atoms with Crippen LogP contribution < -0.4 is 10.5 Å². The van der Waals surface area contributed by atoms with Crippen molar-refractivity contribution in [3.8, 4) is 0 Å². The molecular formula is C13H16ClF3N4O2S. The van der Waals surface area contributed by atoms with Crippen LogP contribution in [-0.4, -0.2) is 30.9 Å². The molecular weight excluding hydrogens is 369 g/mol.